The molecule has 2 N–H and O–H groups in total. The lowest BCUT2D eigenvalue weighted by atomic mass is 10.1. The van der Waals surface area contributed by atoms with Gasteiger partial charge in [0.2, 0.25) is 0 Å². The molecule has 5 heteroatoms. The van der Waals surface area contributed by atoms with Gasteiger partial charge >= 0.3 is 0 Å². The fourth-order valence-electron chi connectivity index (χ4n) is 1.85. The van der Waals surface area contributed by atoms with E-state index in [1.807, 2.05) is 12.1 Å². The number of aliphatic imine (C=N–C) groups is 1. The fourth-order valence-corrected chi connectivity index (χ4v) is 1.85. The molecule has 21 heavy (non-hydrogen) atoms. The van der Waals surface area contributed by atoms with E-state index in [2.05, 4.69) is 41.6 Å². The number of hydrogen-bond acceptors (Lipinski definition) is 2. The zero-order valence-electron chi connectivity index (χ0n) is 13.5. The van der Waals surface area contributed by atoms with Gasteiger partial charge in [0, 0.05) is 20.1 Å². The summed E-state index contributed by atoms with van der Waals surface area (Å²) in [5.41, 5.74) is 1.26. The maximum atomic E-state index is 5.22. The van der Waals surface area contributed by atoms with Crippen LogP contribution in [0.2, 0.25) is 0 Å². The number of guanidine groups is 1. The van der Waals surface area contributed by atoms with Crippen molar-refractivity contribution < 1.29 is 4.74 Å². The first kappa shape index (κ1) is 20.0. The highest BCUT2D eigenvalue weighted by atomic mass is 127. The molecule has 0 spiro atoms. The first-order valence-electron chi connectivity index (χ1n) is 7.23. The largest absolute Gasteiger partial charge is 0.497 e. The lowest BCUT2D eigenvalue weighted by Crippen LogP contribution is -2.39. The van der Waals surface area contributed by atoms with Gasteiger partial charge in [-0.25, -0.2) is 0 Å². The molecular weight excluding hydrogens is 377 g/mol. The average molecular weight is 405 g/mol. The van der Waals surface area contributed by atoms with Crippen molar-refractivity contribution in [1.29, 1.82) is 0 Å². The second-order valence-corrected chi connectivity index (χ2v) is 5.21. The third kappa shape index (κ3) is 8.80. The molecule has 0 amide bonds. The molecule has 1 rings (SSSR count). The summed E-state index contributed by atoms with van der Waals surface area (Å²) in [6, 6.07) is 8.16. The lowest BCUT2D eigenvalue weighted by Gasteiger charge is -2.13. The van der Waals surface area contributed by atoms with Gasteiger partial charge in [-0.3, -0.25) is 4.99 Å². The normalized spacial score (nSPS) is 11.0. The predicted molar refractivity (Wildman–Crippen MR) is 101 cm³/mol. The molecule has 0 atom stereocenters. The van der Waals surface area contributed by atoms with E-state index >= 15 is 0 Å². The van der Waals surface area contributed by atoms with Gasteiger partial charge in [-0.1, -0.05) is 26.0 Å². The number of benzene rings is 1. The van der Waals surface area contributed by atoms with Crippen molar-refractivity contribution in [2.45, 2.75) is 26.7 Å². The molecule has 0 unspecified atom stereocenters. The van der Waals surface area contributed by atoms with Crippen LogP contribution in [-0.4, -0.2) is 33.2 Å². The van der Waals surface area contributed by atoms with Gasteiger partial charge in [-0.05, 0) is 36.5 Å². The molecule has 0 radical (unpaired) electrons. The standard InChI is InChI=1S/C16H27N3O.HI/c1-13(2)8-10-18-16(17-3)19-11-9-14-6-5-7-15(12-14)20-4;/h5-7,12-13H,8-11H2,1-4H3,(H2,17,18,19);1H. The number of ether oxygens (including phenoxy) is 1. The van der Waals surface area contributed by atoms with Crippen molar-refractivity contribution in [3.8, 4) is 5.75 Å². The van der Waals surface area contributed by atoms with Crippen LogP contribution in [0.4, 0.5) is 0 Å². The number of rotatable bonds is 7. The van der Waals surface area contributed by atoms with Crippen LogP contribution < -0.4 is 15.4 Å². The Morgan fingerprint density at radius 3 is 2.57 bits per heavy atom. The summed E-state index contributed by atoms with van der Waals surface area (Å²) >= 11 is 0. The minimum atomic E-state index is 0. The van der Waals surface area contributed by atoms with Crippen LogP contribution in [0.25, 0.3) is 0 Å². The minimum Gasteiger partial charge on any atom is -0.497 e. The molecule has 0 fully saturated rings. The second-order valence-electron chi connectivity index (χ2n) is 5.21. The highest BCUT2D eigenvalue weighted by Crippen LogP contribution is 2.12. The van der Waals surface area contributed by atoms with E-state index in [4.69, 9.17) is 4.74 Å². The highest BCUT2D eigenvalue weighted by molar-refractivity contribution is 14.0. The van der Waals surface area contributed by atoms with E-state index in [0.717, 1.165) is 37.6 Å². The molecule has 1 aromatic rings. The van der Waals surface area contributed by atoms with E-state index in [1.165, 1.54) is 5.56 Å². The highest BCUT2D eigenvalue weighted by Gasteiger charge is 2.00. The second kappa shape index (κ2) is 11.7. The number of methoxy groups -OCH3 is 1. The summed E-state index contributed by atoms with van der Waals surface area (Å²) in [7, 11) is 3.49. The van der Waals surface area contributed by atoms with Crippen LogP contribution in [0.5, 0.6) is 5.75 Å². The summed E-state index contributed by atoms with van der Waals surface area (Å²) in [6.45, 7) is 6.26. The Morgan fingerprint density at radius 2 is 1.95 bits per heavy atom. The summed E-state index contributed by atoms with van der Waals surface area (Å²) in [6.07, 6.45) is 2.10. The van der Waals surface area contributed by atoms with Crippen LogP contribution in [0, 0.1) is 5.92 Å². The van der Waals surface area contributed by atoms with Crippen LogP contribution in [0.15, 0.2) is 29.3 Å². The van der Waals surface area contributed by atoms with Crippen molar-refractivity contribution in [3.05, 3.63) is 29.8 Å². The Balaban J connectivity index is 0.00000400. The van der Waals surface area contributed by atoms with Crippen molar-refractivity contribution in [3.63, 3.8) is 0 Å². The van der Waals surface area contributed by atoms with Crippen molar-refractivity contribution in [1.82, 2.24) is 10.6 Å². The molecule has 0 saturated heterocycles. The Morgan fingerprint density at radius 1 is 1.24 bits per heavy atom. The first-order chi connectivity index (χ1) is 9.65. The van der Waals surface area contributed by atoms with E-state index in [0.29, 0.717) is 5.92 Å². The molecule has 0 saturated carbocycles. The zero-order chi connectivity index (χ0) is 14.8. The third-order valence-electron chi connectivity index (χ3n) is 3.08. The van der Waals surface area contributed by atoms with Crippen LogP contribution in [0.1, 0.15) is 25.8 Å². The van der Waals surface area contributed by atoms with E-state index < -0.39 is 0 Å². The summed E-state index contributed by atoms with van der Waals surface area (Å²) < 4.78 is 5.22. The quantitative estimate of drug-likeness (QED) is 0.417. The molecule has 0 aliphatic heterocycles. The number of nitrogens with zero attached hydrogens (tertiary/aromatic N) is 1. The Kier molecular flexibility index (Phi) is 11.1. The molecular formula is C16H28IN3O. The van der Waals surface area contributed by atoms with Gasteiger partial charge in [-0.2, -0.15) is 0 Å². The van der Waals surface area contributed by atoms with Crippen molar-refractivity contribution >= 4 is 29.9 Å². The zero-order valence-corrected chi connectivity index (χ0v) is 15.8. The number of hydrogen-bond donors (Lipinski definition) is 2. The molecule has 120 valence electrons. The van der Waals surface area contributed by atoms with Gasteiger partial charge in [0.1, 0.15) is 5.75 Å². The number of halogens is 1. The number of nitrogens with one attached hydrogen (secondary N) is 2. The molecule has 0 aliphatic carbocycles. The lowest BCUT2D eigenvalue weighted by molar-refractivity contribution is 0.414. The summed E-state index contributed by atoms with van der Waals surface area (Å²) in [4.78, 5) is 4.22. The van der Waals surface area contributed by atoms with Crippen LogP contribution in [-0.2, 0) is 6.42 Å². The Labute approximate surface area is 145 Å². The van der Waals surface area contributed by atoms with Crippen molar-refractivity contribution in [2.75, 3.05) is 27.2 Å². The van der Waals surface area contributed by atoms with Crippen LogP contribution in [0.3, 0.4) is 0 Å². The SMILES string of the molecule is CN=C(NCCc1cccc(OC)c1)NCCC(C)C.I. The molecule has 0 bridgehead atoms. The van der Waals surface area contributed by atoms with E-state index in [-0.39, 0.29) is 24.0 Å². The van der Waals surface area contributed by atoms with E-state index in [1.54, 1.807) is 14.2 Å². The van der Waals surface area contributed by atoms with Gasteiger partial charge in [0.05, 0.1) is 7.11 Å². The Bertz CT molecular complexity index is 422. The average Bonchev–Trinajstić information content (AvgIpc) is 2.45. The Hall–Kier alpha value is -0.980. The van der Waals surface area contributed by atoms with Crippen LogP contribution >= 0.6 is 24.0 Å². The maximum absolute atomic E-state index is 5.22. The topological polar surface area (TPSA) is 45.7 Å². The predicted octanol–water partition coefficient (Wildman–Crippen LogP) is 3.07. The van der Waals surface area contributed by atoms with Gasteiger partial charge in [0.25, 0.3) is 0 Å². The van der Waals surface area contributed by atoms with Gasteiger partial charge in [0.15, 0.2) is 5.96 Å². The van der Waals surface area contributed by atoms with E-state index in [9.17, 15) is 0 Å². The third-order valence-corrected chi connectivity index (χ3v) is 3.08. The smallest absolute Gasteiger partial charge is 0.190 e. The molecule has 4 nitrogen and oxygen atoms in total. The molecule has 0 heterocycles. The molecule has 0 aliphatic rings. The monoisotopic (exact) mass is 405 g/mol. The van der Waals surface area contributed by atoms with Gasteiger partial charge < -0.3 is 15.4 Å². The minimum absolute atomic E-state index is 0. The first-order valence-corrected chi connectivity index (χ1v) is 7.23. The maximum Gasteiger partial charge on any atom is 0.190 e. The summed E-state index contributed by atoms with van der Waals surface area (Å²) in [5, 5.41) is 6.65. The fraction of sp³-hybridized carbons (Fsp3) is 0.562. The summed E-state index contributed by atoms with van der Waals surface area (Å²) in [5.74, 6) is 2.48. The molecule has 0 aromatic heterocycles. The molecule has 1 aromatic carbocycles. The van der Waals surface area contributed by atoms with Gasteiger partial charge in [-0.15, -0.1) is 24.0 Å². The van der Waals surface area contributed by atoms with Crippen molar-refractivity contribution in [2.24, 2.45) is 10.9 Å².